The second kappa shape index (κ2) is 3.51. The molecule has 1 atom stereocenters. The summed E-state index contributed by atoms with van der Waals surface area (Å²) in [4.78, 5) is 2.36. The number of para-hydroxylation sites is 1. The van der Waals surface area contributed by atoms with Crippen molar-refractivity contribution in [1.29, 1.82) is 0 Å². The molecule has 3 nitrogen and oxygen atoms in total. The SMILES string of the molecule is NC1CN(CC2Cc3ccccc3O2)C1. The van der Waals surface area contributed by atoms with Gasteiger partial charge in [-0.05, 0) is 11.6 Å². The average Bonchev–Trinajstić information content (AvgIpc) is 2.57. The predicted octanol–water partition coefficient (Wildman–Crippen LogP) is 0.633. The summed E-state index contributed by atoms with van der Waals surface area (Å²) in [5.74, 6) is 1.06. The first-order chi connectivity index (χ1) is 7.31. The number of benzene rings is 1. The van der Waals surface area contributed by atoms with Gasteiger partial charge in [0, 0.05) is 32.1 Å². The molecule has 0 aromatic heterocycles. The summed E-state index contributed by atoms with van der Waals surface area (Å²) in [6.07, 6.45) is 1.37. The number of nitrogens with two attached hydrogens (primary N) is 1. The third kappa shape index (κ3) is 1.73. The van der Waals surface area contributed by atoms with E-state index in [9.17, 15) is 0 Å². The largest absolute Gasteiger partial charge is 0.488 e. The first-order valence-electron chi connectivity index (χ1n) is 5.54. The topological polar surface area (TPSA) is 38.5 Å². The number of hydrogen-bond donors (Lipinski definition) is 1. The molecule has 2 heterocycles. The van der Waals surface area contributed by atoms with E-state index in [0.717, 1.165) is 31.8 Å². The Kier molecular flexibility index (Phi) is 2.15. The summed E-state index contributed by atoms with van der Waals surface area (Å²) in [6, 6.07) is 8.69. The highest BCUT2D eigenvalue weighted by Crippen LogP contribution is 2.28. The van der Waals surface area contributed by atoms with E-state index in [4.69, 9.17) is 10.5 Å². The standard InChI is InChI=1S/C12H16N2O/c13-10-6-14(7-10)8-11-5-9-3-1-2-4-12(9)15-11/h1-4,10-11H,5-8,13H2. The molecule has 1 saturated heterocycles. The van der Waals surface area contributed by atoms with Crippen molar-refractivity contribution in [1.82, 2.24) is 4.90 Å². The summed E-state index contributed by atoms with van der Waals surface area (Å²) in [7, 11) is 0. The van der Waals surface area contributed by atoms with Crippen molar-refractivity contribution in [2.45, 2.75) is 18.6 Å². The van der Waals surface area contributed by atoms with Crippen LogP contribution in [0.3, 0.4) is 0 Å². The van der Waals surface area contributed by atoms with Gasteiger partial charge >= 0.3 is 0 Å². The van der Waals surface area contributed by atoms with Gasteiger partial charge in [0.1, 0.15) is 11.9 Å². The molecule has 3 heteroatoms. The molecule has 2 aliphatic heterocycles. The fourth-order valence-electron chi connectivity index (χ4n) is 2.40. The first kappa shape index (κ1) is 9.19. The number of nitrogens with zero attached hydrogens (tertiary/aromatic N) is 1. The van der Waals surface area contributed by atoms with Crippen LogP contribution in [0.25, 0.3) is 0 Å². The van der Waals surface area contributed by atoms with Gasteiger partial charge in [0.05, 0.1) is 0 Å². The van der Waals surface area contributed by atoms with Crippen LogP contribution in [0.1, 0.15) is 5.56 Å². The van der Waals surface area contributed by atoms with Gasteiger partial charge in [0.15, 0.2) is 0 Å². The minimum atomic E-state index is 0.329. The normalized spacial score (nSPS) is 25.8. The van der Waals surface area contributed by atoms with Gasteiger partial charge < -0.3 is 10.5 Å². The molecule has 0 bridgehead atoms. The lowest BCUT2D eigenvalue weighted by molar-refractivity contribution is 0.0900. The Bertz CT molecular complexity index is 335. The summed E-state index contributed by atoms with van der Waals surface area (Å²) in [5, 5.41) is 0. The fourth-order valence-corrected chi connectivity index (χ4v) is 2.40. The maximum Gasteiger partial charge on any atom is 0.123 e. The van der Waals surface area contributed by atoms with Gasteiger partial charge in [-0.1, -0.05) is 18.2 Å². The van der Waals surface area contributed by atoms with E-state index in [0.29, 0.717) is 12.1 Å². The Morgan fingerprint density at radius 3 is 2.87 bits per heavy atom. The number of fused-ring (bicyclic) bond motifs is 1. The Balaban J connectivity index is 1.59. The Morgan fingerprint density at radius 1 is 1.33 bits per heavy atom. The van der Waals surface area contributed by atoms with Crippen LogP contribution in [-0.4, -0.2) is 36.7 Å². The van der Waals surface area contributed by atoms with Gasteiger partial charge in [-0.2, -0.15) is 0 Å². The third-order valence-corrected chi connectivity index (χ3v) is 3.16. The minimum absolute atomic E-state index is 0.329. The second-order valence-electron chi connectivity index (χ2n) is 4.53. The Labute approximate surface area is 89.8 Å². The van der Waals surface area contributed by atoms with E-state index in [1.165, 1.54) is 5.56 Å². The van der Waals surface area contributed by atoms with Gasteiger partial charge in [0.25, 0.3) is 0 Å². The van der Waals surface area contributed by atoms with Crippen LogP contribution in [0.5, 0.6) is 5.75 Å². The fraction of sp³-hybridized carbons (Fsp3) is 0.500. The van der Waals surface area contributed by atoms with Crippen LogP contribution in [0.2, 0.25) is 0 Å². The molecule has 0 aliphatic carbocycles. The number of hydrogen-bond acceptors (Lipinski definition) is 3. The van der Waals surface area contributed by atoms with Crippen molar-refractivity contribution in [3.05, 3.63) is 29.8 Å². The zero-order valence-electron chi connectivity index (χ0n) is 8.73. The molecule has 1 unspecified atom stereocenters. The molecule has 15 heavy (non-hydrogen) atoms. The van der Waals surface area contributed by atoms with Crippen LogP contribution >= 0.6 is 0 Å². The molecule has 1 fully saturated rings. The van der Waals surface area contributed by atoms with E-state index >= 15 is 0 Å². The third-order valence-electron chi connectivity index (χ3n) is 3.16. The Morgan fingerprint density at radius 2 is 2.13 bits per heavy atom. The van der Waals surface area contributed by atoms with Crippen molar-refractivity contribution in [3.63, 3.8) is 0 Å². The molecule has 80 valence electrons. The highest BCUT2D eigenvalue weighted by molar-refractivity contribution is 5.37. The lowest BCUT2D eigenvalue weighted by atomic mass is 10.1. The highest BCUT2D eigenvalue weighted by atomic mass is 16.5. The number of rotatable bonds is 2. The molecule has 0 radical (unpaired) electrons. The second-order valence-corrected chi connectivity index (χ2v) is 4.53. The maximum atomic E-state index is 5.87. The van der Waals surface area contributed by atoms with Crippen molar-refractivity contribution in [2.24, 2.45) is 5.73 Å². The van der Waals surface area contributed by atoms with E-state index in [1.807, 2.05) is 6.07 Å². The quantitative estimate of drug-likeness (QED) is 0.768. The molecule has 2 aliphatic rings. The van der Waals surface area contributed by atoms with Crippen molar-refractivity contribution < 1.29 is 4.74 Å². The minimum Gasteiger partial charge on any atom is -0.488 e. The van der Waals surface area contributed by atoms with E-state index in [2.05, 4.69) is 23.1 Å². The summed E-state index contributed by atoms with van der Waals surface area (Å²) in [5.41, 5.74) is 7.08. The van der Waals surface area contributed by atoms with Gasteiger partial charge in [-0.25, -0.2) is 0 Å². The number of ether oxygens (including phenoxy) is 1. The van der Waals surface area contributed by atoms with Crippen molar-refractivity contribution >= 4 is 0 Å². The maximum absolute atomic E-state index is 5.87. The lowest BCUT2D eigenvalue weighted by Crippen LogP contribution is -2.57. The van der Waals surface area contributed by atoms with Crippen LogP contribution in [-0.2, 0) is 6.42 Å². The average molecular weight is 204 g/mol. The van der Waals surface area contributed by atoms with E-state index in [1.54, 1.807) is 0 Å². The van der Waals surface area contributed by atoms with Crippen LogP contribution in [0, 0.1) is 0 Å². The van der Waals surface area contributed by atoms with Crippen molar-refractivity contribution in [2.75, 3.05) is 19.6 Å². The highest BCUT2D eigenvalue weighted by Gasteiger charge is 2.29. The first-order valence-corrected chi connectivity index (χ1v) is 5.54. The lowest BCUT2D eigenvalue weighted by Gasteiger charge is -2.38. The van der Waals surface area contributed by atoms with E-state index in [-0.39, 0.29) is 0 Å². The summed E-state index contributed by atoms with van der Waals surface area (Å²) >= 11 is 0. The van der Waals surface area contributed by atoms with Crippen LogP contribution in [0.4, 0.5) is 0 Å². The monoisotopic (exact) mass is 204 g/mol. The zero-order chi connectivity index (χ0) is 10.3. The van der Waals surface area contributed by atoms with Gasteiger partial charge in [-0.3, -0.25) is 4.90 Å². The zero-order valence-corrected chi connectivity index (χ0v) is 8.73. The Hall–Kier alpha value is -1.06. The molecule has 0 spiro atoms. The van der Waals surface area contributed by atoms with Crippen molar-refractivity contribution in [3.8, 4) is 5.75 Å². The molecule has 0 saturated carbocycles. The van der Waals surface area contributed by atoms with Gasteiger partial charge in [0.2, 0.25) is 0 Å². The summed E-state index contributed by atoms with van der Waals surface area (Å²) in [6.45, 7) is 3.06. The van der Waals surface area contributed by atoms with Crippen LogP contribution in [0.15, 0.2) is 24.3 Å². The number of likely N-dealkylation sites (tertiary alicyclic amines) is 1. The summed E-state index contributed by atoms with van der Waals surface area (Å²) < 4.78 is 5.87. The molecule has 2 N–H and O–H groups in total. The van der Waals surface area contributed by atoms with E-state index < -0.39 is 0 Å². The molecule has 3 rings (SSSR count). The van der Waals surface area contributed by atoms with Gasteiger partial charge in [-0.15, -0.1) is 0 Å². The molecular formula is C12H16N2O. The predicted molar refractivity (Wildman–Crippen MR) is 59.0 cm³/mol. The molecule has 1 aromatic carbocycles. The molecule has 0 amide bonds. The molecule has 1 aromatic rings. The van der Waals surface area contributed by atoms with Crippen LogP contribution < -0.4 is 10.5 Å². The molecular weight excluding hydrogens is 188 g/mol. The smallest absolute Gasteiger partial charge is 0.123 e.